The van der Waals surface area contributed by atoms with Gasteiger partial charge in [-0.25, -0.2) is 0 Å². The third kappa shape index (κ3) is 14.7. The van der Waals surface area contributed by atoms with Crippen LogP contribution in [0.25, 0.3) is 11.1 Å². The first kappa shape index (κ1) is 63.8. The van der Waals surface area contributed by atoms with Crippen molar-refractivity contribution in [3.8, 4) is 11.1 Å². The molecule has 0 aliphatic heterocycles. The molecule has 4 heteroatoms. The van der Waals surface area contributed by atoms with Crippen molar-refractivity contribution in [3.63, 3.8) is 0 Å². The van der Waals surface area contributed by atoms with E-state index in [1.807, 2.05) is 0 Å². The van der Waals surface area contributed by atoms with E-state index in [4.69, 9.17) is 0 Å². The zero-order valence-electron chi connectivity index (χ0n) is 56.3. The van der Waals surface area contributed by atoms with E-state index in [1.165, 1.54) is 126 Å². The van der Waals surface area contributed by atoms with Crippen LogP contribution in [0.1, 0.15) is 160 Å². The Bertz CT molecular complexity index is 4250. The van der Waals surface area contributed by atoms with E-state index >= 15 is 0 Å². The van der Waals surface area contributed by atoms with Gasteiger partial charge in [-0.2, -0.15) is 0 Å². The number of unbranched alkanes of at least 4 members (excludes halogenated alkanes) is 8. The lowest BCUT2D eigenvalue weighted by Crippen LogP contribution is -2.16. The largest absolute Gasteiger partial charge is 0.311 e. The number of rotatable bonds is 28. The Hall–Kier alpha value is -9.90. The molecule has 2 aliphatic carbocycles. The first-order valence-corrected chi connectivity index (χ1v) is 35.4. The fraction of sp³-hybridized carbons (Fsp3) is 0.231. The van der Waals surface area contributed by atoms with E-state index in [9.17, 15) is 0 Å². The molecule has 0 N–H and O–H groups in total. The normalized spacial score (nSPS) is 12.9. The van der Waals surface area contributed by atoms with Gasteiger partial charge >= 0.3 is 0 Å². The summed E-state index contributed by atoms with van der Waals surface area (Å²) in [5, 5.41) is 0. The summed E-state index contributed by atoms with van der Waals surface area (Å²) in [6.07, 6.45) is 24.8. The molecule has 13 rings (SSSR count). The fourth-order valence-corrected chi connectivity index (χ4v) is 14.9. The molecule has 0 radical (unpaired) electrons. The molecule has 2 unspecified atom stereocenters. The van der Waals surface area contributed by atoms with Gasteiger partial charge in [0.15, 0.2) is 0 Å². The lowest BCUT2D eigenvalue weighted by molar-refractivity contribution is 0.579. The monoisotopic (exact) mass is 1240 g/mol. The van der Waals surface area contributed by atoms with Gasteiger partial charge in [0, 0.05) is 80.1 Å². The molecule has 4 nitrogen and oxygen atoms in total. The van der Waals surface area contributed by atoms with Crippen LogP contribution in [0, 0.1) is 13.8 Å². The second-order valence-corrected chi connectivity index (χ2v) is 26.3. The molecule has 0 fully saturated rings. The number of allylic oxidation sites excluding steroid dienone is 3. The molecule has 476 valence electrons. The van der Waals surface area contributed by atoms with E-state index in [0.717, 1.165) is 94.7 Å². The Morgan fingerprint density at radius 3 is 0.916 bits per heavy atom. The van der Waals surface area contributed by atoms with E-state index in [-0.39, 0.29) is 11.8 Å². The van der Waals surface area contributed by atoms with Gasteiger partial charge in [-0.15, -0.1) is 0 Å². The van der Waals surface area contributed by atoms with Crippen molar-refractivity contribution >= 4 is 62.6 Å². The van der Waals surface area contributed by atoms with Crippen LogP contribution >= 0.6 is 0 Å². The number of benzene rings is 11. The molecular weight excluding hydrogens is 1150 g/mol. The number of aryl methyl sites for hydroxylation is 2. The second kappa shape index (κ2) is 30.9. The van der Waals surface area contributed by atoms with Crippen molar-refractivity contribution < 1.29 is 0 Å². The Balaban J connectivity index is 0.817. The number of hydrogen-bond acceptors (Lipinski definition) is 4. The smallest absolute Gasteiger partial charge is 0.0463 e. The van der Waals surface area contributed by atoms with E-state index in [0.29, 0.717) is 0 Å². The average molecular weight is 1240 g/mol. The fourth-order valence-electron chi connectivity index (χ4n) is 14.9. The van der Waals surface area contributed by atoms with Crippen LogP contribution in [-0.4, -0.2) is 0 Å². The maximum Gasteiger partial charge on any atom is 0.0463 e. The van der Waals surface area contributed by atoms with Gasteiger partial charge in [0.1, 0.15) is 0 Å². The average Bonchev–Trinajstić information content (AvgIpc) is 1.66. The molecule has 95 heavy (non-hydrogen) atoms. The highest BCUT2D eigenvalue weighted by Crippen LogP contribution is 2.47. The first-order valence-electron chi connectivity index (χ1n) is 35.4. The lowest BCUT2D eigenvalue weighted by atomic mass is 9.81. The van der Waals surface area contributed by atoms with Crippen LogP contribution in [0.4, 0.5) is 62.6 Å². The van der Waals surface area contributed by atoms with Crippen molar-refractivity contribution in [2.45, 2.75) is 136 Å². The van der Waals surface area contributed by atoms with Crippen LogP contribution in [0.3, 0.4) is 0 Å². The molecule has 0 aromatic heterocycles. The van der Waals surface area contributed by atoms with E-state index in [2.05, 4.69) is 339 Å². The van der Waals surface area contributed by atoms with Gasteiger partial charge in [-0.05, 0) is 253 Å². The standard InChI is InChI=1S/C91H92N4/c1-5-7-9-11-31-45-86(70-47-51-80(52-48-70)94(78-41-27-17-28-42-78)84-59-55-82(56-60-84)92(74-33-19-13-20-34-74)75-35-21-14-22-36-75)88-66-90-72(63-68(88)3)65-73-64-69(4)89(67-91(73)90)87(46-32-12-10-8-6-2)71-49-53-81(54-50-71)95(79-43-29-18-30-44-79)85-61-57-83(58-62-85)93(76-37-23-15-24-38-76)77-39-25-16-26-40-77/h13-15,17-25,27-30,33-44,47-64,66-67,86-87H,5-12,16,26,31-32,45-46,65H2,1-4H3. The summed E-state index contributed by atoms with van der Waals surface area (Å²) in [5.41, 5.74) is 28.0. The van der Waals surface area contributed by atoms with Gasteiger partial charge in [-0.1, -0.05) is 218 Å². The minimum atomic E-state index is 0.264. The van der Waals surface area contributed by atoms with Crippen molar-refractivity contribution in [3.05, 3.63) is 341 Å². The van der Waals surface area contributed by atoms with Crippen LogP contribution in [-0.2, 0) is 6.42 Å². The van der Waals surface area contributed by atoms with Crippen LogP contribution in [0.15, 0.2) is 297 Å². The Labute approximate surface area is 567 Å². The highest BCUT2D eigenvalue weighted by molar-refractivity contribution is 5.84. The molecular formula is C91H92N4. The lowest BCUT2D eigenvalue weighted by Gasteiger charge is -2.29. The molecule has 0 heterocycles. The third-order valence-corrected chi connectivity index (χ3v) is 19.7. The van der Waals surface area contributed by atoms with Gasteiger partial charge in [0.05, 0.1) is 0 Å². The molecule has 2 aliphatic rings. The molecule has 0 bridgehead atoms. The van der Waals surface area contributed by atoms with Crippen LogP contribution in [0.5, 0.6) is 0 Å². The maximum absolute atomic E-state index is 2.63. The summed E-state index contributed by atoms with van der Waals surface area (Å²) in [6, 6.07) is 102. The molecule has 11 aromatic carbocycles. The zero-order chi connectivity index (χ0) is 64.7. The topological polar surface area (TPSA) is 13.0 Å². The van der Waals surface area contributed by atoms with Crippen LogP contribution in [0.2, 0.25) is 0 Å². The summed E-state index contributed by atoms with van der Waals surface area (Å²) >= 11 is 0. The molecule has 0 amide bonds. The number of para-hydroxylation sites is 5. The SMILES string of the molecule is CCCCCCCC(c1ccc(N(c2ccccc2)c2ccc(N(C3=CCCC=C3)c3ccccc3)cc2)cc1)c1cc2c(cc1C)Cc1cc(C)c(C(CCCCCCC)c3ccc(N(c4ccccc4)c4ccc(N(c5ccccc5)c5ccccc5)cc4)cc3)cc1-2. The van der Waals surface area contributed by atoms with Gasteiger partial charge in [0.2, 0.25) is 0 Å². The van der Waals surface area contributed by atoms with E-state index in [1.54, 1.807) is 0 Å². The predicted molar refractivity (Wildman–Crippen MR) is 407 cm³/mol. The van der Waals surface area contributed by atoms with Gasteiger partial charge in [-0.3, -0.25) is 0 Å². The third-order valence-electron chi connectivity index (χ3n) is 19.7. The molecule has 0 saturated heterocycles. The summed E-state index contributed by atoms with van der Waals surface area (Å²) in [7, 11) is 0. The second-order valence-electron chi connectivity index (χ2n) is 26.3. The summed E-state index contributed by atoms with van der Waals surface area (Å²) in [5.74, 6) is 0.530. The highest BCUT2D eigenvalue weighted by Gasteiger charge is 2.28. The molecule has 0 spiro atoms. The first-order chi connectivity index (χ1) is 46.9. The zero-order valence-corrected chi connectivity index (χ0v) is 56.3. The minimum Gasteiger partial charge on any atom is -0.311 e. The highest BCUT2D eigenvalue weighted by atomic mass is 15.2. The van der Waals surface area contributed by atoms with Crippen molar-refractivity contribution in [1.29, 1.82) is 0 Å². The maximum atomic E-state index is 2.63. The summed E-state index contributed by atoms with van der Waals surface area (Å²) < 4.78 is 0. The molecule has 11 aromatic rings. The quantitative estimate of drug-likeness (QED) is 0.0453. The molecule has 2 atom stereocenters. The Kier molecular flexibility index (Phi) is 20.8. The minimum absolute atomic E-state index is 0.264. The predicted octanol–water partition coefficient (Wildman–Crippen LogP) is 26.6. The Morgan fingerprint density at radius 2 is 0.600 bits per heavy atom. The van der Waals surface area contributed by atoms with Gasteiger partial charge in [0.25, 0.3) is 0 Å². The Morgan fingerprint density at radius 1 is 0.305 bits per heavy atom. The number of nitrogens with zero attached hydrogens (tertiary/aromatic N) is 4. The van der Waals surface area contributed by atoms with E-state index < -0.39 is 0 Å². The van der Waals surface area contributed by atoms with Crippen molar-refractivity contribution in [1.82, 2.24) is 0 Å². The summed E-state index contributed by atoms with van der Waals surface area (Å²) in [6.45, 7) is 9.40. The van der Waals surface area contributed by atoms with Crippen molar-refractivity contribution in [2.24, 2.45) is 0 Å². The number of fused-ring (bicyclic) bond motifs is 3. The van der Waals surface area contributed by atoms with Crippen molar-refractivity contribution in [2.75, 3.05) is 19.6 Å². The van der Waals surface area contributed by atoms with Crippen LogP contribution < -0.4 is 19.6 Å². The molecule has 0 saturated carbocycles. The summed E-state index contributed by atoms with van der Waals surface area (Å²) in [4.78, 5) is 9.52. The number of hydrogen-bond donors (Lipinski definition) is 0. The number of anilines is 11. The van der Waals surface area contributed by atoms with Gasteiger partial charge < -0.3 is 19.6 Å².